The van der Waals surface area contributed by atoms with Crippen LogP contribution >= 0.6 is 11.6 Å². The Labute approximate surface area is 72.5 Å². The maximum Gasteiger partial charge on any atom is 0.316 e. The summed E-state index contributed by atoms with van der Waals surface area (Å²) in [6.45, 7) is 2.10. The Hall–Kier alpha value is -0.240. The maximum atomic E-state index is 10.8. The third-order valence-electron chi connectivity index (χ3n) is 2.36. The summed E-state index contributed by atoms with van der Waals surface area (Å²) in [7, 11) is 1.78. The van der Waals surface area contributed by atoms with Crippen molar-refractivity contribution >= 4 is 17.0 Å². The quantitative estimate of drug-likeness (QED) is 0.477. The minimum atomic E-state index is -0.330. The van der Waals surface area contributed by atoms with E-state index < -0.39 is 0 Å². The van der Waals surface area contributed by atoms with Gasteiger partial charge in [0.25, 0.3) is 0 Å². The lowest BCUT2D eigenvalue weighted by Crippen LogP contribution is -2.34. The summed E-state index contributed by atoms with van der Waals surface area (Å²) < 4.78 is 0. The van der Waals surface area contributed by atoms with Crippen LogP contribution in [0.15, 0.2) is 0 Å². The largest absolute Gasteiger partial charge is 0.329 e. The molecule has 1 atom stereocenters. The van der Waals surface area contributed by atoms with Crippen molar-refractivity contribution in [2.24, 2.45) is 5.92 Å². The number of rotatable bonds is 3. The molecule has 0 aromatic heterocycles. The fourth-order valence-electron chi connectivity index (χ4n) is 1.53. The van der Waals surface area contributed by atoms with E-state index >= 15 is 0 Å². The van der Waals surface area contributed by atoms with E-state index in [1.807, 2.05) is 0 Å². The molecule has 0 aromatic carbocycles. The molecule has 0 spiro atoms. The molecule has 1 unspecified atom stereocenters. The van der Waals surface area contributed by atoms with Crippen molar-refractivity contribution in [3.8, 4) is 0 Å². The minimum Gasteiger partial charge on any atom is -0.329 e. The highest BCUT2D eigenvalue weighted by Gasteiger charge is 2.33. The predicted molar refractivity (Wildman–Crippen MR) is 45.8 cm³/mol. The van der Waals surface area contributed by atoms with Crippen LogP contribution in [0, 0.1) is 5.92 Å². The molecule has 1 fully saturated rings. The molecule has 0 aromatic rings. The normalized spacial score (nSPS) is 19.5. The van der Waals surface area contributed by atoms with Crippen LogP contribution in [0.1, 0.15) is 26.2 Å². The van der Waals surface area contributed by atoms with Gasteiger partial charge >= 0.3 is 5.37 Å². The van der Waals surface area contributed by atoms with E-state index in [2.05, 4.69) is 6.92 Å². The highest BCUT2D eigenvalue weighted by atomic mass is 35.5. The molecular weight excluding hydrogens is 162 g/mol. The smallest absolute Gasteiger partial charge is 0.316 e. The van der Waals surface area contributed by atoms with Gasteiger partial charge < -0.3 is 4.90 Å². The maximum absolute atomic E-state index is 10.8. The van der Waals surface area contributed by atoms with Gasteiger partial charge in [-0.3, -0.25) is 4.79 Å². The summed E-state index contributed by atoms with van der Waals surface area (Å²) in [6.07, 6.45) is 3.53. The van der Waals surface area contributed by atoms with Gasteiger partial charge in [0.15, 0.2) is 0 Å². The average Bonchev–Trinajstić information content (AvgIpc) is 2.72. The monoisotopic (exact) mass is 175 g/mol. The van der Waals surface area contributed by atoms with Crippen LogP contribution in [0.3, 0.4) is 0 Å². The van der Waals surface area contributed by atoms with Gasteiger partial charge in [-0.2, -0.15) is 0 Å². The molecule has 1 aliphatic rings. The molecule has 1 aliphatic carbocycles. The summed E-state index contributed by atoms with van der Waals surface area (Å²) in [4.78, 5) is 12.4. The Morgan fingerprint density at radius 2 is 2.27 bits per heavy atom. The van der Waals surface area contributed by atoms with Gasteiger partial charge in [-0.15, -0.1) is 0 Å². The topological polar surface area (TPSA) is 20.3 Å². The molecular formula is C8H14ClNO. The summed E-state index contributed by atoms with van der Waals surface area (Å²) >= 11 is 5.36. The molecule has 0 N–H and O–H groups in total. The van der Waals surface area contributed by atoms with Crippen molar-refractivity contribution in [3.05, 3.63) is 0 Å². The summed E-state index contributed by atoms with van der Waals surface area (Å²) in [5.41, 5.74) is 0. The first kappa shape index (κ1) is 8.85. The van der Waals surface area contributed by atoms with Crippen LogP contribution in [0.25, 0.3) is 0 Å². The van der Waals surface area contributed by atoms with Gasteiger partial charge in [0.1, 0.15) is 0 Å². The van der Waals surface area contributed by atoms with Gasteiger partial charge in [0, 0.05) is 13.1 Å². The summed E-state index contributed by atoms with van der Waals surface area (Å²) in [5, 5.41) is -0.330. The van der Waals surface area contributed by atoms with Crippen molar-refractivity contribution < 1.29 is 4.79 Å². The van der Waals surface area contributed by atoms with Crippen molar-refractivity contribution in [3.63, 3.8) is 0 Å². The summed E-state index contributed by atoms with van der Waals surface area (Å²) in [5.74, 6) is 0.715. The van der Waals surface area contributed by atoms with Crippen LogP contribution in [0.4, 0.5) is 4.79 Å². The van der Waals surface area contributed by atoms with E-state index in [9.17, 15) is 4.79 Å². The Bertz CT molecular complexity index is 156. The van der Waals surface area contributed by atoms with Crippen LogP contribution in [-0.2, 0) is 0 Å². The molecule has 0 saturated heterocycles. The first-order valence-electron chi connectivity index (χ1n) is 4.09. The second kappa shape index (κ2) is 3.44. The van der Waals surface area contributed by atoms with Gasteiger partial charge in [0.05, 0.1) is 0 Å². The van der Waals surface area contributed by atoms with E-state index in [4.69, 9.17) is 11.6 Å². The first-order valence-corrected chi connectivity index (χ1v) is 4.47. The van der Waals surface area contributed by atoms with Gasteiger partial charge in [0.2, 0.25) is 0 Å². The van der Waals surface area contributed by atoms with E-state index in [1.165, 1.54) is 12.8 Å². The van der Waals surface area contributed by atoms with Gasteiger partial charge in [-0.05, 0) is 36.8 Å². The molecule has 0 radical (unpaired) electrons. The first-order chi connectivity index (χ1) is 5.16. The Balaban J connectivity index is 2.45. The van der Waals surface area contributed by atoms with Crippen molar-refractivity contribution in [1.29, 1.82) is 0 Å². The molecule has 0 heterocycles. The lowest BCUT2D eigenvalue weighted by atomic mass is 10.1. The molecule has 3 heteroatoms. The molecule has 1 rings (SSSR count). The predicted octanol–water partition coefficient (Wildman–Crippen LogP) is 2.47. The number of hydrogen-bond donors (Lipinski definition) is 0. The van der Waals surface area contributed by atoms with E-state index in [-0.39, 0.29) is 5.37 Å². The third kappa shape index (κ3) is 2.09. The third-order valence-corrected chi connectivity index (χ3v) is 2.63. The molecule has 2 nitrogen and oxygen atoms in total. The zero-order valence-electron chi connectivity index (χ0n) is 7.01. The average molecular weight is 176 g/mol. The molecule has 64 valence electrons. The second-order valence-electron chi connectivity index (χ2n) is 3.18. The van der Waals surface area contributed by atoms with Crippen LogP contribution in [0.2, 0.25) is 0 Å². The van der Waals surface area contributed by atoms with E-state index in [0.717, 1.165) is 6.42 Å². The number of hydrogen-bond acceptors (Lipinski definition) is 1. The minimum absolute atomic E-state index is 0.330. The van der Waals surface area contributed by atoms with E-state index in [0.29, 0.717) is 12.0 Å². The van der Waals surface area contributed by atoms with Gasteiger partial charge in [-0.1, -0.05) is 6.92 Å². The van der Waals surface area contributed by atoms with Crippen LogP contribution in [-0.4, -0.2) is 23.4 Å². The zero-order chi connectivity index (χ0) is 8.43. The Morgan fingerprint density at radius 3 is 2.55 bits per heavy atom. The molecule has 11 heavy (non-hydrogen) atoms. The standard InChI is InChI=1S/C8H14ClNO/c1-3-7(6-4-5-6)10(2)8(9)11/h6-7H,3-5H2,1-2H3. The number of amides is 1. The Kier molecular flexibility index (Phi) is 2.77. The fourth-order valence-corrected chi connectivity index (χ4v) is 1.66. The fraction of sp³-hybridized carbons (Fsp3) is 0.875. The highest BCUT2D eigenvalue weighted by Crippen LogP contribution is 2.36. The zero-order valence-corrected chi connectivity index (χ0v) is 7.77. The lowest BCUT2D eigenvalue weighted by molar-refractivity contribution is 0.204. The van der Waals surface area contributed by atoms with Crippen LogP contribution in [0.5, 0.6) is 0 Å². The summed E-state index contributed by atoms with van der Waals surface area (Å²) in [6, 6.07) is 0.375. The molecule has 0 bridgehead atoms. The number of carbonyl (C=O) groups excluding carboxylic acids is 1. The highest BCUT2D eigenvalue weighted by molar-refractivity contribution is 6.62. The molecule has 1 amide bonds. The molecule has 0 aliphatic heterocycles. The Morgan fingerprint density at radius 1 is 1.73 bits per heavy atom. The SMILES string of the molecule is CCC(C1CC1)N(C)C(=O)Cl. The van der Waals surface area contributed by atoms with Gasteiger partial charge in [-0.25, -0.2) is 0 Å². The van der Waals surface area contributed by atoms with Crippen LogP contribution < -0.4 is 0 Å². The number of carbonyl (C=O) groups is 1. The van der Waals surface area contributed by atoms with E-state index in [1.54, 1.807) is 11.9 Å². The second-order valence-corrected chi connectivity index (χ2v) is 3.50. The molecule has 1 saturated carbocycles. The number of nitrogens with zero attached hydrogens (tertiary/aromatic N) is 1. The number of halogens is 1. The lowest BCUT2D eigenvalue weighted by Gasteiger charge is -2.24. The van der Waals surface area contributed by atoms with Crippen molar-refractivity contribution in [2.75, 3.05) is 7.05 Å². The van der Waals surface area contributed by atoms with Crippen molar-refractivity contribution in [2.45, 2.75) is 32.2 Å². The van der Waals surface area contributed by atoms with Crippen molar-refractivity contribution in [1.82, 2.24) is 4.90 Å².